The van der Waals surface area contributed by atoms with Crippen molar-refractivity contribution in [2.75, 3.05) is 13.1 Å². The van der Waals surface area contributed by atoms with Crippen LogP contribution in [0.2, 0.25) is 0 Å². The summed E-state index contributed by atoms with van der Waals surface area (Å²) < 4.78 is 26.7. The molecule has 1 aromatic carbocycles. The third kappa shape index (κ3) is 4.24. The predicted octanol–water partition coefficient (Wildman–Crippen LogP) is 2.19. The van der Waals surface area contributed by atoms with Crippen LogP contribution < -0.4 is 5.32 Å². The van der Waals surface area contributed by atoms with Gasteiger partial charge in [-0.2, -0.15) is 4.31 Å². The second-order valence-electron chi connectivity index (χ2n) is 6.03. The zero-order valence-corrected chi connectivity index (χ0v) is 14.7. The molecule has 25 heavy (non-hydrogen) atoms. The molecular weight excluding hydrogens is 338 g/mol. The number of carbonyl (C=O) groups excluding carboxylic acids is 1. The molecule has 0 spiro atoms. The van der Waals surface area contributed by atoms with E-state index in [9.17, 15) is 13.2 Å². The van der Waals surface area contributed by atoms with Crippen molar-refractivity contribution in [3.05, 3.63) is 59.9 Å². The lowest BCUT2D eigenvalue weighted by Gasteiger charge is -2.25. The van der Waals surface area contributed by atoms with Gasteiger partial charge in [-0.25, -0.2) is 8.42 Å². The molecule has 0 unspecified atom stereocenters. The lowest BCUT2D eigenvalue weighted by atomic mass is 10.2. The van der Waals surface area contributed by atoms with Gasteiger partial charge in [-0.1, -0.05) is 18.6 Å². The highest BCUT2D eigenvalue weighted by Crippen LogP contribution is 2.20. The molecule has 1 fully saturated rings. The maximum absolute atomic E-state index is 12.6. The van der Waals surface area contributed by atoms with Gasteiger partial charge in [-0.3, -0.25) is 9.78 Å². The molecule has 2 aromatic rings. The number of nitrogens with one attached hydrogen (secondary N) is 1. The fourth-order valence-electron chi connectivity index (χ4n) is 2.82. The van der Waals surface area contributed by atoms with E-state index in [1.165, 1.54) is 6.20 Å². The number of benzene rings is 1. The number of hydrogen-bond acceptors (Lipinski definition) is 4. The molecule has 0 radical (unpaired) electrons. The van der Waals surface area contributed by atoms with Crippen LogP contribution in [0.3, 0.4) is 0 Å². The average Bonchev–Trinajstić information content (AvgIpc) is 2.68. The minimum atomic E-state index is -3.42. The normalized spacial score (nSPS) is 15.7. The van der Waals surface area contributed by atoms with Gasteiger partial charge in [0.2, 0.25) is 10.0 Å². The third-order valence-corrected chi connectivity index (χ3v) is 6.17. The Morgan fingerprint density at radius 3 is 2.44 bits per heavy atom. The van der Waals surface area contributed by atoms with Crippen molar-refractivity contribution < 1.29 is 13.2 Å². The molecule has 132 valence electrons. The van der Waals surface area contributed by atoms with Gasteiger partial charge in [-0.15, -0.1) is 0 Å². The van der Waals surface area contributed by atoms with Gasteiger partial charge < -0.3 is 5.32 Å². The second kappa shape index (κ2) is 7.76. The molecule has 1 aliphatic rings. The first-order valence-electron chi connectivity index (χ1n) is 8.35. The average molecular weight is 359 g/mol. The molecule has 3 rings (SSSR count). The number of rotatable bonds is 5. The van der Waals surface area contributed by atoms with Crippen molar-refractivity contribution >= 4 is 15.9 Å². The van der Waals surface area contributed by atoms with E-state index in [-0.39, 0.29) is 5.91 Å². The molecule has 7 heteroatoms. The Kier molecular flexibility index (Phi) is 5.45. The van der Waals surface area contributed by atoms with Crippen LogP contribution in [0.5, 0.6) is 0 Å². The van der Waals surface area contributed by atoms with Crippen molar-refractivity contribution in [3.8, 4) is 0 Å². The molecule has 0 saturated carbocycles. The monoisotopic (exact) mass is 359 g/mol. The molecule has 0 aliphatic carbocycles. The molecule has 1 amide bonds. The van der Waals surface area contributed by atoms with Gasteiger partial charge in [0.15, 0.2) is 0 Å². The number of nitrogens with zero attached hydrogens (tertiary/aromatic N) is 2. The minimum Gasteiger partial charge on any atom is -0.348 e. The van der Waals surface area contributed by atoms with Crippen LogP contribution in [0.4, 0.5) is 0 Å². The second-order valence-corrected chi connectivity index (χ2v) is 7.97. The van der Waals surface area contributed by atoms with Gasteiger partial charge in [0.1, 0.15) is 0 Å². The minimum absolute atomic E-state index is 0.210. The van der Waals surface area contributed by atoms with Gasteiger partial charge in [0.25, 0.3) is 5.91 Å². The van der Waals surface area contributed by atoms with Crippen molar-refractivity contribution in [2.45, 2.75) is 30.7 Å². The Morgan fingerprint density at radius 1 is 1.08 bits per heavy atom. The third-order valence-electron chi connectivity index (χ3n) is 4.25. The summed E-state index contributed by atoms with van der Waals surface area (Å²) >= 11 is 0. The van der Waals surface area contributed by atoms with E-state index in [4.69, 9.17) is 0 Å². The van der Waals surface area contributed by atoms with Gasteiger partial charge in [0.05, 0.1) is 10.5 Å². The number of carbonyl (C=O) groups is 1. The predicted molar refractivity (Wildman–Crippen MR) is 94.5 cm³/mol. The summed E-state index contributed by atoms with van der Waals surface area (Å²) in [7, 11) is -3.42. The van der Waals surface area contributed by atoms with E-state index in [1.807, 2.05) is 0 Å². The van der Waals surface area contributed by atoms with E-state index in [2.05, 4.69) is 10.3 Å². The quantitative estimate of drug-likeness (QED) is 0.887. The highest BCUT2D eigenvalue weighted by atomic mass is 32.2. The summed E-state index contributed by atoms with van der Waals surface area (Å²) in [6, 6.07) is 10.1. The summed E-state index contributed by atoms with van der Waals surface area (Å²) in [5.74, 6) is -0.210. The molecule has 6 nitrogen and oxygen atoms in total. The van der Waals surface area contributed by atoms with Crippen molar-refractivity contribution in [3.63, 3.8) is 0 Å². The Hall–Kier alpha value is -2.25. The van der Waals surface area contributed by atoms with Crippen LogP contribution in [-0.4, -0.2) is 36.7 Å². The Morgan fingerprint density at radius 2 is 1.80 bits per heavy atom. The van der Waals surface area contributed by atoms with Crippen LogP contribution in [-0.2, 0) is 16.6 Å². The summed E-state index contributed by atoms with van der Waals surface area (Å²) in [5.41, 5.74) is 1.33. The summed E-state index contributed by atoms with van der Waals surface area (Å²) in [4.78, 5) is 16.2. The zero-order valence-electron chi connectivity index (χ0n) is 13.9. The number of piperidine rings is 1. The molecule has 2 heterocycles. The van der Waals surface area contributed by atoms with Crippen LogP contribution >= 0.6 is 0 Å². The van der Waals surface area contributed by atoms with E-state index in [0.29, 0.717) is 30.1 Å². The fraction of sp³-hybridized carbons (Fsp3) is 0.333. The standard InChI is InChI=1S/C18H21N3O3S/c22-18(16-5-4-10-19-14-16)20-13-15-6-8-17(9-7-15)25(23,24)21-11-2-1-3-12-21/h4-10,14H,1-3,11-13H2,(H,20,22). The van der Waals surface area contributed by atoms with Crippen LogP contribution in [0.15, 0.2) is 53.7 Å². The molecule has 0 bridgehead atoms. The van der Waals surface area contributed by atoms with Crippen molar-refractivity contribution in [1.29, 1.82) is 0 Å². The van der Waals surface area contributed by atoms with E-state index in [1.54, 1.807) is 46.9 Å². The number of aromatic nitrogens is 1. The topological polar surface area (TPSA) is 79.4 Å². The lowest BCUT2D eigenvalue weighted by Crippen LogP contribution is -2.35. The van der Waals surface area contributed by atoms with Gasteiger partial charge >= 0.3 is 0 Å². The molecule has 1 saturated heterocycles. The van der Waals surface area contributed by atoms with Crippen molar-refractivity contribution in [2.24, 2.45) is 0 Å². The van der Waals surface area contributed by atoms with Gasteiger partial charge in [0, 0.05) is 32.0 Å². The Balaban J connectivity index is 1.63. The highest BCUT2D eigenvalue weighted by molar-refractivity contribution is 7.89. The summed E-state index contributed by atoms with van der Waals surface area (Å²) in [5, 5.41) is 2.80. The maximum atomic E-state index is 12.6. The van der Waals surface area contributed by atoms with E-state index >= 15 is 0 Å². The number of hydrogen-bond donors (Lipinski definition) is 1. The lowest BCUT2D eigenvalue weighted by molar-refractivity contribution is 0.0950. The van der Waals surface area contributed by atoms with Crippen LogP contribution in [0.1, 0.15) is 35.2 Å². The maximum Gasteiger partial charge on any atom is 0.253 e. The molecular formula is C18H21N3O3S. The van der Waals surface area contributed by atoms with E-state index in [0.717, 1.165) is 24.8 Å². The Labute approximate surface area is 147 Å². The van der Waals surface area contributed by atoms with Gasteiger partial charge in [-0.05, 0) is 42.7 Å². The zero-order chi connectivity index (χ0) is 17.7. The smallest absolute Gasteiger partial charge is 0.253 e. The van der Waals surface area contributed by atoms with Crippen LogP contribution in [0.25, 0.3) is 0 Å². The highest BCUT2D eigenvalue weighted by Gasteiger charge is 2.25. The van der Waals surface area contributed by atoms with Crippen LogP contribution in [0, 0.1) is 0 Å². The molecule has 0 atom stereocenters. The largest absolute Gasteiger partial charge is 0.348 e. The first kappa shape index (κ1) is 17.6. The molecule has 1 aromatic heterocycles. The summed E-state index contributed by atoms with van der Waals surface area (Å²) in [6.07, 6.45) is 6.03. The number of pyridine rings is 1. The fourth-order valence-corrected chi connectivity index (χ4v) is 4.33. The number of amides is 1. The SMILES string of the molecule is O=C(NCc1ccc(S(=O)(=O)N2CCCCC2)cc1)c1cccnc1. The Bertz CT molecular complexity index is 814. The van der Waals surface area contributed by atoms with E-state index < -0.39 is 10.0 Å². The first-order chi connectivity index (χ1) is 12.1. The number of sulfonamides is 1. The summed E-state index contributed by atoms with van der Waals surface area (Å²) in [6.45, 7) is 1.51. The molecule has 1 aliphatic heterocycles. The van der Waals surface area contributed by atoms with Crippen molar-refractivity contribution in [1.82, 2.24) is 14.6 Å². The molecule has 1 N–H and O–H groups in total. The first-order valence-corrected chi connectivity index (χ1v) is 9.79.